The fraction of sp³-hybridized carbons (Fsp3) is 0.318. The van der Waals surface area contributed by atoms with Gasteiger partial charge in [0, 0.05) is 37.9 Å². The maximum atomic E-state index is 12.2. The van der Waals surface area contributed by atoms with Crippen molar-refractivity contribution >= 4 is 23.5 Å². The van der Waals surface area contributed by atoms with Crippen LogP contribution in [0.2, 0.25) is 0 Å². The van der Waals surface area contributed by atoms with Gasteiger partial charge in [0.25, 0.3) is 11.8 Å². The van der Waals surface area contributed by atoms with Gasteiger partial charge in [0.05, 0.1) is 18.8 Å². The smallest absolute Gasteiger partial charge is 0.338 e. The van der Waals surface area contributed by atoms with Crippen LogP contribution in [-0.4, -0.2) is 62.6 Å². The van der Waals surface area contributed by atoms with E-state index in [0.29, 0.717) is 16.8 Å². The molecule has 0 spiro atoms. The van der Waals surface area contributed by atoms with Gasteiger partial charge in [-0.25, -0.2) is 4.79 Å². The molecular weight excluding hydrogens is 386 g/mol. The molecule has 0 radical (unpaired) electrons. The first-order valence-electron chi connectivity index (χ1n) is 9.73. The first-order chi connectivity index (χ1) is 14.5. The molecule has 0 atom stereocenters. The van der Waals surface area contributed by atoms with E-state index in [9.17, 15) is 14.4 Å². The Bertz CT molecular complexity index is 875. The van der Waals surface area contributed by atoms with Gasteiger partial charge in [-0.1, -0.05) is 12.1 Å². The molecule has 1 saturated heterocycles. The molecule has 158 valence electrons. The maximum Gasteiger partial charge on any atom is 0.338 e. The highest BCUT2D eigenvalue weighted by atomic mass is 16.5. The number of carbonyl (C=O) groups is 3. The summed E-state index contributed by atoms with van der Waals surface area (Å²) in [4.78, 5) is 38.0. The molecule has 8 heteroatoms. The molecule has 30 heavy (non-hydrogen) atoms. The average molecular weight is 411 g/mol. The van der Waals surface area contributed by atoms with Gasteiger partial charge in [-0.05, 0) is 42.0 Å². The van der Waals surface area contributed by atoms with Crippen molar-refractivity contribution in [3.05, 3.63) is 65.2 Å². The molecule has 8 nitrogen and oxygen atoms in total. The quantitative estimate of drug-likeness (QED) is 0.673. The molecule has 2 aromatic carbocycles. The van der Waals surface area contributed by atoms with E-state index >= 15 is 0 Å². The lowest BCUT2D eigenvalue weighted by atomic mass is 10.1. The number of morpholine rings is 1. The summed E-state index contributed by atoms with van der Waals surface area (Å²) < 4.78 is 10.4. The maximum absolute atomic E-state index is 12.2. The zero-order valence-corrected chi connectivity index (χ0v) is 16.8. The molecule has 0 unspecified atom stereocenters. The van der Waals surface area contributed by atoms with Gasteiger partial charge in [-0.2, -0.15) is 0 Å². The largest absolute Gasteiger partial charge is 0.452 e. The fourth-order valence-corrected chi connectivity index (χ4v) is 3.02. The van der Waals surface area contributed by atoms with Crippen molar-refractivity contribution in [3.63, 3.8) is 0 Å². The Morgan fingerprint density at radius 1 is 0.967 bits per heavy atom. The van der Waals surface area contributed by atoms with Crippen molar-refractivity contribution in [2.45, 2.75) is 6.54 Å². The van der Waals surface area contributed by atoms with E-state index in [4.69, 9.17) is 9.47 Å². The van der Waals surface area contributed by atoms with Crippen molar-refractivity contribution in [1.29, 1.82) is 0 Å². The standard InChI is InChI=1S/C22H25N3O5/c1-23-21(27)17-6-8-19(9-7-17)24-20(26)15-30-22(28)18-4-2-16(3-5-18)14-25-10-12-29-13-11-25/h2-9H,10-15H2,1H3,(H,23,27)(H,24,26). The SMILES string of the molecule is CNC(=O)c1ccc(NC(=O)COC(=O)c2ccc(CN3CCOCC3)cc2)cc1. The number of hydrogen-bond donors (Lipinski definition) is 2. The van der Waals surface area contributed by atoms with Gasteiger partial charge in [0.1, 0.15) is 0 Å². The van der Waals surface area contributed by atoms with Crippen LogP contribution >= 0.6 is 0 Å². The summed E-state index contributed by atoms with van der Waals surface area (Å²) in [5.41, 5.74) is 2.49. The van der Waals surface area contributed by atoms with Gasteiger partial charge in [0.15, 0.2) is 6.61 Å². The average Bonchev–Trinajstić information content (AvgIpc) is 2.78. The molecule has 2 aromatic rings. The Balaban J connectivity index is 1.45. The van der Waals surface area contributed by atoms with Gasteiger partial charge in [-0.3, -0.25) is 14.5 Å². The van der Waals surface area contributed by atoms with Crippen LogP contribution in [-0.2, 0) is 20.8 Å². The predicted octanol–water partition coefficient (Wildman–Crippen LogP) is 1.67. The molecule has 0 aliphatic carbocycles. The minimum Gasteiger partial charge on any atom is -0.452 e. The van der Waals surface area contributed by atoms with E-state index in [0.717, 1.165) is 38.4 Å². The normalized spacial score (nSPS) is 14.0. The molecule has 1 fully saturated rings. The minimum absolute atomic E-state index is 0.210. The lowest BCUT2D eigenvalue weighted by Crippen LogP contribution is -2.35. The van der Waals surface area contributed by atoms with E-state index in [-0.39, 0.29) is 5.91 Å². The molecular formula is C22H25N3O5. The number of rotatable bonds is 7. The molecule has 3 rings (SSSR count). The van der Waals surface area contributed by atoms with Gasteiger partial charge in [0.2, 0.25) is 0 Å². The second-order valence-electron chi connectivity index (χ2n) is 6.87. The molecule has 1 aliphatic rings. The van der Waals surface area contributed by atoms with E-state index in [1.54, 1.807) is 43.4 Å². The Labute approximate surface area is 175 Å². The van der Waals surface area contributed by atoms with E-state index < -0.39 is 18.5 Å². The van der Waals surface area contributed by atoms with Gasteiger partial charge < -0.3 is 20.1 Å². The molecule has 1 heterocycles. The minimum atomic E-state index is -0.557. The molecule has 2 N–H and O–H groups in total. The Hall–Kier alpha value is -3.23. The monoisotopic (exact) mass is 411 g/mol. The van der Waals surface area contributed by atoms with Crippen LogP contribution in [0, 0.1) is 0 Å². The summed E-state index contributed by atoms with van der Waals surface area (Å²) >= 11 is 0. The zero-order chi connectivity index (χ0) is 21.3. The van der Waals surface area contributed by atoms with E-state index in [2.05, 4.69) is 15.5 Å². The summed E-state index contributed by atoms with van der Waals surface area (Å²) in [6.45, 7) is 3.68. The summed E-state index contributed by atoms with van der Waals surface area (Å²) in [5.74, 6) is -1.23. The summed E-state index contributed by atoms with van der Waals surface area (Å²) in [6, 6.07) is 13.6. The van der Waals surface area contributed by atoms with E-state index in [1.165, 1.54) is 0 Å². The third-order valence-electron chi connectivity index (χ3n) is 4.69. The zero-order valence-electron chi connectivity index (χ0n) is 16.8. The highest BCUT2D eigenvalue weighted by molar-refractivity contribution is 5.97. The number of ether oxygens (including phenoxy) is 2. The fourth-order valence-electron chi connectivity index (χ4n) is 3.02. The van der Waals surface area contributed by atoms with Crippen molar-refractivity contribution < 1.29 is 23.9 Å². The first-order valence-corrected chi connectivity index (χ1v) is 9.73. The highest BCUT2D eigenvalue weighted by Crippen LogP contribution is 2.11. The summed E-state index contributed by atoms with van der Waals surface area (Å²) in [5, 5.41) is 5.15. The van der Waals surface area contributed by atoms with E-state index in [1.807, 2.05) is 12.1 Å². The van der Waals surface area contributed by atoms with Crippen molar-refractivity contribution in [2.24, 2.45) is 0 Å². The van der Waals surface area contributed by atoms with Crippen molar-refractivity contribution in [2.75, 3.05) is 45.3 Å². The Kier molecular flexibility index (Phi) is 7.53. The number of nitrogens with one attached hydrogen (secondary N) is 2. The number of esters is 1. The molecule has 1 aliphatic heterocycles. The van der Waals surface area contributed by atoms with Crippen LogP contribution in [0.4, 0.5) is 5.69 Å². The third kappa shape index (κ3) is 6.13. The van der Waals surface area contributed by atoms with Gasteiger partial charge in [-0.15, -0.1) is 0 Å². The number of carbonyl (C=O) groups excluding carboxylic acids is 3. The Morgan fingerprint density at radius 3 is 2.23 bits per heavy atom. The van der Waals surface area contributed by atoms with Crippen LogP contribution in [0.3, 0.4) is 0 Å². The van der Waals surface area contributed by atoms with Crippen LogP contribution in [0.5, 0.6) is 0 Å². The highest BCUT2D eigenvalue weighted by Gasteiger charge is 2.13. The lowest BCUT2D eigenvalue weighted by Gasteiger charge is -2.26. The number of nitrogens with zero attached hydrogens (tertiary/aromatic N) is 1. The number of benzene rings is 2. The van der Waals surface area contributed by atoms with Crippen molar-refractivity contribution in [1.82, 2.24) is 10.2 Å². The molecule has 2 amide bonds. The molecule has 0 saturated carbocycles. The predicted molar refractivity (Wildman–Crippen MR) is 111 cm³/mol. The Morgan fingerprint density at radius 2 is 1.60 bits per heavy atom. The number of anilines is 1. The number of amides is 2. The molecule has 0 aromatic heterocycles. The van der Waals surface area contributed by atoms with Crippen LogP contribution < -0.4 is 10.6 Å². The summed E-state index contributed by atoms with van der Waals surface area (Å²) in [7, 11) is 1.55. The molecule has 0 bridgehead atoms. The van der Waals surface area contributed by atoms with Crippen LogP contribution in [0.15, 0.2) is 48.5 Å². The number of hydrogen-bond acceptors (Lipinski definition) is 6. The lowest BCUT2D eigenvalue weighted by molar-refractivity contribution is -0.119. The first kappa shape index (κ1) is 21.5. The van der Waals surface area contributed by atoms with Gasteiger partial charge >= 0.3 is 5.97 Å². The third-order valence-corrected chi connectivity index (χ3v) is 4.69. The van der Waals surface area contributed by atoms with Crippen LogP contribution in [0.25, 0.3) is 0 Å². The second kappa shape index (κ2) is 10.5. The topological polar surface area (TPSA) is 97.0 Å². The second-order valence-corrected chi connectivity index (χ2v) is 6.87. The summed E-state index contributed by atoms with van der Waals surface area (Å²) in [6.07, 6.45) is 0. The van der Waals surface area contributed by atoms with Crippen LogP contribution in [0.1, 0.15) is 26.3 Å². The van der Waals surface area contributed by atoms with Crippen molar-refractivity contribution in [3.8, 4) is 0 Å².